The Kier molecular flexibility index (Phi) is 6.83. The van der Waals surface area contributed by atoms with Crippen LogP contribution in [0.3, 0.4) is 0 Å². The highest BCUT2D eigenvalue weighted by Crippen LogP contribution is 2.11. The number of piperazine rings is 1. The minimum absolute atomic E-state index is 0.680. The van der Waals surface area contributed by atoms with Crippen LogP contribution in [0.25, 0.3) is 0 Å². The van der Waals surface area contributed by atoms with Gasteiger partial charge in [-0.25, -0.2) is 10.2 Å². The normalized spacial score (nSPS) is 16.6. The first-order chi connectivity index (χ1) is 11.2. The summed E-state index contributed by atoms with van der Waals surface area (Å²) in [5.74, 6) is 0.831. The van der Waals surface area contributed by atoms with Gasteiger partial charge in [-0.3, -0.25) is 4.90 Å². The number of ether oxygens (including phenoxy) is 1. The first-order valence-corrected chi connectivity index (χ1v) is 7.93. The Balaban J connectivity index is 1.68. The third-order valence-corrected chi connectivity index (χ3v) is 3.86. The number of likely N-dealkylation sites (N-methyl/N-ethyl adjacent to an activating group) is 1. The summed E-state index contributed by atoms with van der Waals surface area (Å²) in [6.07, 6.45) is 1.53. The molecule has 0 atom stereocenters. The molecule has 2 rings (SSSR count). The zero-order valence-electron chi connectivity index (χ0n) is 13.6. The molecule has 0 bridgehead atoms. The molecule has 1 aliphatic rings. The van der Waals surface area contributed by atoms with E-state index in [9.17, 15) is 4.79 Å². The Hall–Kier alpha value is -2.12. The first-order valence-electron chi connectivity index (χ1n) is 7.93. The summed E-state index contributed by atoms with van der Waals surface area (Å²) in [5.41, 5.74) is 7.94. The second kappa shape index (κ2) is 9.12. The summed E-state index contributed by atoms with van der Waals surface area (Å²) in [5, 5.41) is 3.71. The average molecular weight is 319 g/mol. The number of urea groups is 1. The Morgan fingerprint density at radius 1 is 1.26 bits per heavy atom. The van der Waals surface area contributed by atoms with Crippen molar-refractivity contribution in [1.29, 1.82) is 0 Å². The molecule has 1 aromatic rings. The lowest BCUT2D eigenvalue weighted by atomic mass is 10.2. The van der Waals surface area contributed by atoms with Gasteiger partial charge < -0.3 is 15.4 Å². The van der Waals surface area contributed by atoms with Gasteiger partial charge in [0.15, 0.2) is 0 Å². The summed E-state index contributed by atoms with van der Waals surface area (Å²) in [6, 6.07) is 6.85. The summed E-state index contributed by atoms with van der Waals surface area (Å²) in [7, 11) is 0. The molecule has 0 aliphatic carbocycles. The average Bonchev–Trinajstić information content (AvgIpc) is 2.57. The van der Waals surface area contributed by atoms with Crippen LogP contribution in [-0.2, 0) is 0 Å². The summed E-state index contributed by atoms with van der Waals surface area (Å²) < 4.78 is 5.77. The van der Waals surface area contributed by atoms with Crippen LogP contribution in [-0.4, -0.2) is 67.9 Å². The van der Waals surface area contributed by atoms with Crippen molar-refractivity contribution in [2.45, 2.75) is 6.92 Å². The number of carbonyl (C=O) groups excluding carboxylic acids is 1. The molecular formula is C16H25N5O2. The largest absolute Gasteiger partial charge is 0.492 e. The maximum absolute atomic E-state index is 10.5. The first kappa shape index (κ1) is 17.2. The molecule has 1 aromatic carbocycles. The van der Waals surface area contributed by atoms with Crippen LogP contribution in [0.2, 0.25) is 0 Å². The van der Waals surface area contributed by atoms with Gasteiger partial charge in [-0.15, -0.1) is 0 Å². The van der Waals surface area contributed by atoms with Gasteiger partial charge in [-0.1, -0.05) is 6.92 Å². The zero-order valence-corrected chi connectivity index (χ0v) is 13.6. The lowest BCUT2D eigenvalue weighted by Gasteiger charge is -2.33. The fourth-order valence-electron chi connectivity index (χ4n) is 2.44. The van der Waals surface area contributed by atoms with Crippen molar-refractivity contribution < 1.29 is 9.53 Å². The Labute approximate surface area is 137 Å². The van der Waals surface area contributed by atoms with E-state index in [4.69, 9.17) is 10.5 Å². The number of amides is 2. The van der Waals surface area contributed by atoms with E-state index in [1.54, 1.807) is 0 Å². The second-order valence-corrected chi connectivity index (χ2v) is 5.43. The van der Waals surface area contributed by atoms with Crippen molar-refractivity contribution in [3.8, 4) is 5.75 Å². The van der Waals surface area contributed by atoms with Crippen LogP contribution in [0, 0.1) is 0 Å². The molecule has 3 N–H and O–H groups in total. The lowest BCUT2D eigenvalue weighted by Crippen LogP contribution is -2.47. The number of primary amides is 1. The van der Waals surface area contributed by atoms with Gasteiger partial charge in [0.1, 0.15) is 12.4 Å². The van der Waals surface area contributed by atoms with Crippen molar-refractivity contribution >= 4 is 12.2 Å². The highest BCUT2D eigenvalue weighted by Gasteiger charge is 2.14. The maximum atomic E-state index is 10.5. The van der Waals surface area contributed by atoms with Gasteiger partial charge in [-0.2, -0.15) is 5.10 Å². The summed E-state index contributed by atoms with van der Waals surface area (Å²) in [6.45, 7) is 9.48. The predicted octanol–water partition coefficient (Wildman–Crippen LogP) is 0.705. The van der Waals surface area contributed by atoms with E-state index in [2.05, 4.69) is 27.3 Å². The van der Waals surface area contributed by atoms with Crippen LogP contribution in [0.5, 0.6) is 5.75 Å². The predicted molar refractivity (Wildman–Crippen MR) is 90.8 cm³/mol. The highest BCUT2D eigenvalue weighted by molar-refractivity contribution is 5.81. The summed E-state index contributed by atoms with van der Waals surface area (Å²) in [4.78, 5) is 15.4. The number of nitrogens with two attached hydrogens (primary N) is 1. The van der Waals surface area contributed by atoms with Crippen molar-refractivity contribution in [2.24, 2.45) is 10.8 Å². The van der Waals surface area contributed by atoms with Crippen LogP contribution in [0.15, 0.2) is 29.4 Å². The third kappa shape index (κ3) is 6.25. The van der Waals surface area contributed by atoms with E-state index in [0.29, 0.717) is 6.61 Å². The third-order valence-electron chi connectivity index (χ3n) is 3.86. The van der Waals surface area contributed by atoms with Gasteiger partial charge in [0, 0.05) is 32.7 Å². The monoisotopic (exact) mass is 319 g/mol. The van der Waals surface area contributed by atoms with Gasteiger partial charge in [0.05, 0.1) is 6.21 Å². The van der Waals surface area contributed by atoms with Crippen molar-refractivity contribution in [3.05, 3.63) is 29.8 Å². The number of hydrazone groups is 1. The number of hydrogen-bond acceptors (Lipinski definition) is 5. The van der Waals surface area contributed by atoms with E-state index in [1.807, 2.05) is 24.3 Å². The SMILES string of the molecule is CCN1CCN(CCOc2ccc(C=NNC(N)=O)cc2)CC1. The molecule has 1 aliphatic heterocycles. The number of nitrogens with one attached hydrogen (secondary N) is 1. The second-order valence-electron chi connectivity index (χ2n) is 5.43. The Morgan fingerprint density at radius 3 is 2.52 bits per heavy atom. The van der Waals surface area contributed by atoms with Crippen LogP contribution >= 0.6 is 0 Å². The molecule has 0 unspecified atom stereocenters. The molecule has 0 saturated carbocycles. The maximum Gasteiger partial charge on any atom is 0.332 e. The molecule has 0 aromatic heterocycles. The van der Waals surface area contributed by atoms with Crippen LogP contribution in [0.1, 0.15) is 12.5 Å². The number of hydrogen-bond donors (Lipinski definition) is 2. The van der Waals surface area contributed by atoms with Crippen LogP contribution < -0.4 is 15.9 Å². The van der Waals surface area contributed by atoms with Gasteiger partial charge >= 0.3 is 6.03 Å². The van der Waals surface area contributed by atoms with Gasteiger partial charge in [0.25, 0.3) is 0 Å². The fourth-order valence-corrected chi connectivity index (χ4v) is 2.44. The van der Waals surface area contributed by atoms with E-state index in [-0.39, 0.29) is 0 Å². The standard InChI is InChI=1S/C16H25N5O2/c1-2-20-7-9-21(10-8-20)11-12-23-15-5-3-14(4-6-15)13-18-19-16(17)22/h3-6,13H,2,7-12H2,1H3,(H3,17,19,22). The molecule has 1 heterocycles. The topological polar surface area (TPSA) is 83.2 Å². The number of nitrogens with zero attached hydrogens (tertiary/aromatic N) is 3. The smallest absolute Gasteiger partial charge is 0.332 e. The Bertz CT molecular complexity index is 510. The summed E-state index contributed by atoms with van der Waals surface area (Å²) >= 11 is 0. The minimum Gasteiger partial charge on any atom is -0.492 e. The molecule has 23 heavy (non-hydrogen) atoms. The van der Waals surface area contributed by atoms with Crippen LogP contribution in [0.4, 0.5) is 4.79 Å². The van der Waals surface area contributed by atoms with E-state index in [0.717, 1.165) is 50.6 Å². The fraction of sp³-hybridized carbons (Fsp3) is 0.500. The molecule has 7 heteroatoms. The molecular weight excluding hydrogens is 294 g/mol. The molecule has 0 radical (unpaired) electrons. The number of benzene rings is 1. The van der Waals surface area contributed by atoms with E-state index in [1.165, 1.54) is 6.21 Å². The molecule has 0 spiro atoms. The molecule has 126 valence electrons. The molecule has 1 saturated heterocycles. The highest BCUT2D eigenvalue weighted by atomic mass is 16.5. The van der Waals surface area contributed by atoms with E-state index < -0.39 is 6.03 Å². The molecule has 7 nitrogen and oxygen atoms in total. The molecule has 2 amide bonds. The van der Waals surface area contributed by atoms with Gasteiger partial charge in [-0.05, 0) is 36.4 Å². The number of rotatable bonds is 7. The van der Waals surface area contributed by atoms with Crippen molar-refractivity contribution in [1.82, 2.24) is 15.2 Å². The lowest BCUT2D eigenvalue weighted by molar-refractivity contribution is 0.121. The quantitative estimate of drug-likeness (QED) is 0.572. The molecule has 1 fully saturated rings. The van der Waals surface area contributed by atoms with Crippen molar-refractivity contribution in [2.75, 3.05) is 45.9 Å². The minimum atomic E-state index is -0.680. The van der Waals surface area contributed by atoms with Gasteiger partial charge in [0.2, 0.25) is 0 Å². The van der Waals surface area contributed by atoms with E-state index >= 15 is 0 Å². The number of carbonyl (C=O) groups is 1. The Morgan fingerprint density at radius 2 is 1.91 bits per heavy atom. The van der Waals surface area contributed by atoms with Crippen molar-refractivity contribution in [3.63, 3.8) is 0 Å². The zero-order chi connectivity index (χ0) is 16.5.